The Morgan fingerprint density at radius 1 is 1.29 bits per heavy atom. The first kappa shape index (κ1) is 23.5. The van der Waals surface area contributed by atoms with E-state index in [1.54, 1.807) is 13.0 Å². The fourth-order valence-electron chi connectivity index (χ4n) is 6.69. The van der Waals surface area contributed by atoms with Gasteiger partial charge >= 0.3 is 5.97 Å². The first-order chi connectivity index (χ1) is 16.1. The third-order valence-electron chi connectivity index (χ3n) is 8.30. The Labute approximate surface area is 199 Å². The molecule has 34 heavy (non-hydrogen) atoms. The van der Waals surface area contributed by atoms with Gasteiger partial charge in [0.25, 0.3) is 0 Å². The van der Waals surface area contributed by atoms with Crippen molar-refractivity contribution in [2.75, 3.05) is 13.6 Å². The molecule has 1 aromatic rings. The van der Waals surface area contributed by atoms with Gasteiger partial charge in [-0.2, -0.15) is 0 Å². The van der Waals surface area contributed by atoms with E-state index in [2.05, 4.69) is 4.90 Å². The molecule has 8 heteroatoms. The van der Waals surface area contributed by atoms with Crippen molar-refractivity contribution in [2.24, 2.45) is 5.92 Å². The lowest BCUT2D eigenvalue weighted by Gasteiger charge is -2.61. The molecule has 0 saturated carbocycles. The topological polar surface area (TPSA) is 117 Å². The molecular weight excluding hydrogens is 438 g/mol. The Hall–Kier alpha value is -2.26. The predicted octanol–water partition coefficient (Wildman–Crippen LogP) is 1.37. The first-order valence-electron chi connectivity index (χ1n) is 12.1. The molecule has 2 unspecified atom stereocenters. The summed E-state index contributed by atoms with van der Waals surface area (Å²) in [6.07, 6.45) is 1.95. The fourth-order valence-corrected chi connectivity index (χ4v) is 6.69. The van der Waals surface area contributed by atoms with Crippen molar-refractivity contribution in [3.63, 3.8) is 0 Å². The summed E-state index contributed by atoms with van der Waals surface area (Å²) < 4.78 is 12.3. The molecule has 0 aromatic heterocycles. The standard InChI is InChI=1S/C26H33NO7/c1-14(10-18(30)11-15(2)29)24(31)33-19-6-7-26(32)20-12-16-4-5-17(13-28)22-21(16)25(26,23(19)34-22)8-9-27(20)3/h4-6,14-15,20,23,28-29,32H,7-13H2,1-3H3/t14-,15-,20-,23?,25?,26-/m1/s1. The zero-order valence-electron chi connectivity index (χ0n) is 19.9. The number of hydrogen-bond acceptors (Lipinski definition) is 8. The highest BCUT2D eigenvalue weighted by molar-refractivity contribution is 5.85. The number of benzene rings is 1. The molecule has 6 atom stereocenters. The lowest BCUT2D eigenvalue weighted by molar-refractivity contribution is -0.170. The summed E-state index contributed by atoms with van der Waals surface area (Å²) in [5.74, 6) is -0.447. The zero-order chi connectivity index (χ0) is 24.4. The number of likely N-dealkylation sites (tertiary alicyclic amines) is 1. The quantitative estimate of drug-likeness (QED) is 0.511. The molecule has 1 spiro atoms. The maximum absolute atomic E-state index is 12.9. The maximum Gasteiger partial charge on any atom is 0.314 e. The number of aliphatic hydroxyl groups is 3. The molecule has 0 radical (unpaired) electrons. The molecule has 2 heterocycles. The van der Waals surface area contributed by atoms with Crippen LogP contribution in [0.5, 0.6) is 5.75 Å². The molecule has 2 aliphatic heterocycles. The normalized spacial score (nSPS) is 32.8. The molecule has 1 fully saturated rings. The van der Waals surface area contributed by atoms with Crippen LogP contribution in [0.2, 0.25) is 0 Å². The van der Waals surface area contributed by atoms with E-state index in [1.807, 2.05) is 19.2 Å². The van der Waals surface area contributed by atoms with E-state index in [0.29, 0.717) is 36.3 Å². The van der Waals surface area contributed by atoms with Crippen molar-refractivity contribution in [1.82, 2.24) is 4.90 Å². The highest BCUT2D eigenvalue weighted by Crippen LogP contribution is 2.64. The molecule has 0 amide bonds. The summed E-state index contributed by atoms with van der Waals surface area (Å²) in [6.45, 7) is 3.75. The van der Waals surface area contributed by atoms with E-state index in [9.17, 15) is 24.9 Å². The Kier molecular flexibility index (Phi) is 5.63. The van der Waals surface area contributed by atoms with Crippen molar-refractivity contribution in [3.05, 3.63) is 40.7 Å². The van der Waals surface area contributed by atoms with Crippen molar-refractivity contribution in [2.45, 2.75) is 81.8 Å². The number of nitrogens with zero attached hydrogens (tertiary/aromatic N) is 1. The van der Waals surface area contributed by atoms with Gasteiger partial charge in [-0.1, -0.05) is 19.1 Å². The fraction of sp³-hybridized carbons (Fsp3) is 0.615. The number of aliphatic hydroxyl groups excluding tert-OH is 2. The van der Waals surface area contributed by atoms with Crippen LogP contribution in [0.1, 0.15) is 56.2 Å². The van der Waals surface area contributed by atoms with Gasteiger partial charge in [0.2, 0.25) is 0 Å². The summed E-state index contributed by atoms with van der Waals surface area (Å²) >= 11 is 0. The van der Waals surface area contributed by atoms with Crippen LogP contribution in [-0.2, 0) is 32.8 Å². The first-order valence-corrected chi connectivity index (χ1v) is 12.1. The minimum atomic E-state index is -1.09. The summed E-state index contributed by atoms with van der Waals surface area (Å²) in [4.78, 5) is 27.2. The van der Waals surface area contributed by atoms with Gasteiger partial charge in [-0.05, 0) is 45.0 Å². The summed E-state index contributed by atoms with van der Waals surface area (Å²) in [5.41, 5.74) is 0.836. The van der Waals surface area contributed by atoms with E-state index >= 15 is 0 Å². The van der Waals surface area contributed by atoms with Gasteiger partial charge in [0.1, 0.15) is 17.3 Å². The Bertz CT molecular complexity index is 1070. The summed E-state index contributed by atoms with van der Waals surface area (Å²) in [7, 11) is 2.03. The SMILES string of the molecule is C[C@H](CC(=O)C[C@@H](C)O)C(=O)OC1=CC[C@@]2(O)[C@H]3Cc4ccc(CO)c5c4C2(CCN3C)C1O5. The van der Waals surface area contributed by atoms with Gasteiger partial charge in [0.05, 0.1) is 29.6 Å². The molecule has 8 nitrogen and oxygen atoms in total. The summed E-state index contributed by atoms with van der Waals surface area (Å²) in [5, 5.41) is 31.6. The largest absolute Gasteiger partial charge is 0.481 e. The molecule has 2 bridgehead atoms. The number of hydrogen-bond donors (Lipinski definition) is 3. The highest BCUT2D eigenvalue weighted by atomic mass is 16.6. The summed E-state index contributed by atoms with van der Waals surface area (Å²) in [6, 6.07) is 3.79. The van der Waals surface area contributed by atoms with Crippen LogP contribution >= 0.6 is 0 Å². The monoisotopic (exact) mass is 471 g/mol. The third-order valence-corrected chi connectivity index (χ3v) is 8.30. The minimum Gasteiger partial charge on any atom is -0.481 e. The van der Waals surface area contributed by atoms with Gasteiger partial charge in [-0.3, -0.25) is 9.59 Å². The van der Waals surface area contributed by atoms with Crippen molar-refractivity contribution in [1.29, 1.82) is 0 Å². The van der Waals surface area contributed by atoms with Crippen molar-refractivity contribution >= 4 is 11.8 Å². The number of carbonyl (C=O) groups excluding carboxylic acids is 2. The number of esters is 1. The zero-order valence-corrected chi connectivity index (χ0v) is 19.9. The Balaban J connectivity index is 1.49. The average molecular weight is 472 g/mol. The number of piperidine rings is 1. The van der Waals surface area contributed by atoms with E-state index in [0.717, 1.165) is 17.7 Å². The molecule has 1 aromatic carbocycles. The number of likely N-dealkylation sites (N-methyl/N-ethyl adjacent to an activating group) is 1. The van der Waals surface area contributed by atoms with E-state index in [-0.39, 0.29) is 31.3 Å². The van der Waals surface area contributed by atoms with Gasteiger partial charge in [0.15, 0.2) is 6.10 Å². The van der Waals surface area contributed by atoms with Gasteiger partial charge in [-0.15, -0.1) is 0 Å². The second-order valence-electron chi connectivity index (χ2n) is 10.5. The predicted molar refractivity (Wildman–Crippen MR) is 122 cm³/mol. The number of Topliss-reactive ketones (excluding diaryl/α,β-unsaturated/α-hetero) is 1. The lowest BCUT2D eigenvalue weighted by Crippen LogP contribution is -2.74. The molecule has 5 rings (SSSR count). The van der Waals surface area contributed by atoms with Crippen molar-refractivity contribution < 1.29 is 34.4 Å². The smallest absolute Gasteiger partial charge is 0.314 e. The average Bonchev–Trinajstić information content (AvgIpc) is 3.13. The van der Waals surface area contributed by atoms with Crippen LogP contribution in [0.4, 0.5) is 0 Å². The Morgan fingerprint density at radius 2 is 2.06 bits per heavy atom. The second kappa shape index (κ2) is 8.16. The van der Waals surface area contributed by atoms with Crippen LogP contribution in [0.15, 0.2) is 24.0 Å². The molecular formula is C26H33NO7. The molecule has 184 valence electrons. The molecule has 3 N–H and O–H groups in total. The van der Waals surface area contributed by atoms with Gasteiger partial charge < -0.3 is 29.7 Å². The van der Waals surface area contributed by atoms with Crippen molar-refractivity contribution in [3.8, 4) is 5.75 Å². The van der Waals surface area contributed by atoms with E-state index in [1.165, 1.54) is 6.92 Å². The van der Waals surface area contributed by atoms with Crippen LogP contribution < -0.4 is 4.74 Å². The van der Waals surface area contributed by atoms with Crippen LogP contribution in [0, 0.1) is 5.92 Å². The third kappa shape index (κ3) is 3.19. The molecule has 1 saturated heterocycles. The number of carbonyl (C=O) groups is 2. The van der Waals surface area contributed by atoms with E-state index in [4.69, 9.17) is 9.47 Å². The van der Waals surface area contributed by atoms with Crippen LogP contribution in [-0.4, -0.2) is 69.4 Å². The maximum atomic E-state index is 12.9. The lowest BCUT2D eigenvalue weighted by atomic mass is 9.50. The van der Waals surface area contributed by atoms with Gasteiger partial charge in [0, 0.05) is 36.4 Å². The minimum absolute atomic E-state index is 0.000868. The molecule has 4 aliphatic rings. The van der Waals surface area contributed by atoms with Crippen LogP contribution in [0.3, 0.4) is 0 Å². The highest BCUT2D eigenvalue weighted by Gasteiger charge is 2.71. The second-order valence-corrected chi connectivity index (χ2v) is 10.5. The van der Waals surface area contributed by atoms with E-state index < -0.39 is 35.1 Å². The molecule has 2 aliphatic carbocycles. The number of ether oxygens (including phenoxy) is 2. The van der Waals surface area contributed by atoms with Gasteiger partial charge in [-0.25, -0.2) is 0 Å². The Morgan fingerprint density at radius 3 is 2.76 bits per heavy atom. The number of rotatable bonds is 7. The van der Waals surface area contributed by atoms with Crippen LogP contribution in [0.25, 0.3) is 0 Å². The number of ketones is 1.